The van der Waals surface area contributed by atoms with E-state index in [1.165, 1.54) is 24.4 Å². The van der Waals surface area contributed by atoms with Crippen LogP contribution in [-0.2, 0) is 14.3 Å². The molecule has 0 radical (unpaired) electrons. The number of ether oxygens (including phenoxy) is 2. The molecule has 0 aliphatic carbocycles. The molecule has 10 heteroatoms. The van der Waals surface area contributed by atoms with Gasteiger partial charge in [0.15, 0.2) is 5.76 Å². The van der Waals surface area contributed by atoms with E-state index in [0.29, 0.717) is 6.08 Å². The number of piperidine rings is 1. The molecular formula is C21H22ClFN2O6. The fraction of sp³-hybridized carbons (Fsp3) is 0.333. The number of hydrogen-bond donors (Lipinski definition) is 4. The number of carboxylic acid groups (broad SMARTS) is 2. The summed E-state index contributed by atoms with van der Waals surface area (Å²) in [7, 11) is 0. The van der Waals surface area contributed by atoms with Crippen molar-refractivity contribution >= 4 is 23.5 Å². The summed E-state index contributed by atoms with van der Waals surface area (Å²) >= 11 is 5.84. The Labute approximate surface area is 183 Å². The Morgan fingerprint density at radius 2 is 2.16 bits per heavy atom. The number of nitrogens with one attached hydrogen (secondary N) is 2. The molecular weight excluding hydrogens is 431 g/mol. The average Bonchev–Trinajstić information content (AvgIpc) is 2.74. The van der Waals surface area contributed by atoms with Crippen LogP contribution >= 0.6 is 11.6 Å². The fourth-order valence-electron chi connectivity index (χ4n) is 3.41. The van der Waals surface area contributed by atoms with Crippen LogP contribution in [0.3, 0.4) is 0 Å². The number of allylic oxidation sites excluding steroid dienone is 2. The molecule has 0 amide bonds. The first-order valence-corrected chi connectivity index (χ1v) is 10.0. The summed E-state index contributed by atoms with van der Waals surface area (Å²) < 4.78 is 25.5. The molecule has 2 heterocycles. The summed E-state index contributed by atoms with van der Waals surface area (Å²) in [6.45, 7) is 1.94. The highest BCUT2D eigenvalue weighted by Crippen LogP contribution is 2.35. The van der Waals surface area contributed by atoms with E-state index in [1.807, 2.05) is 0 Å². The monoisotopic (exact) mass is 452 g/mol. The molecule has 1 aromatic rings. The lowest BCUT2D eigenvalue weighted by molar-refractivity contribution is -0.137. The quantitative estimate of drug-likeness (QED) is 0.445. The van der Waals surface area contributed by atoms with E-state index >= 15 is 0 Å². The molecule has 1 aromatic carbocycles. The molecule has 0 saturated carbocycles. The third kappa shape index (κ3) is 5.36. The van der Waals surface area contributed by atoms with Gasteiger partial charge in [0.1, 0.15) is 17.1 Å². The van der Waals surface area contributed by atoms with Crippen LogP contribution in [0.2, 0.25) is 5.02 Å². The molecule has 2 aliphatic heterocycles. The smallest absolute Gasteiger partial charge is 0.338 e. The standard InChI is InChI=1S/C21H22ClFN2O6/c22-16-9-14(5-6-17(16)23)31-21(15(20(28)29)10-19(26)27)18(4-2-8-25-21)30-12-13-3-1-7-24-11-13/h2,4-6,8-10,13,24-25H,1,3,7,11-12H2,(H,26,27)(H,28,29)/b15-10-/t13?,21-/m0/s1. The minimum Gasteiger partial charge on any atom is -0.491 e. The van der Waals surface area contributed by atoms with Crippen LogP contribution in [0.1, 0.15) is 12.8 Å². The van der Waals surface area contributed by atoms with Gasteiger partial charge in [-0.25, -0.2) is 14.0 Å². The molecule has 3 rings (SSSR count). The zero-order valence-electron chi connectivity index (χ0n) is 16.4. The van der Waals surface area contributed by atoms with Crippen LogP contribution in [0.5, 0.6) is 5.75 Å². The number of halogens is 2. The van der Waals surface area contributed by atoms with Gasteiger partial charge < -0.3 is 30.3 Å². The Morgan fingerprint density at radius 1 is 1.35 bits per heavy atom. The number of dihydropyridines is 1. The highest BCUT2D eigenvalue weighted by Gasteiger charge is 2.47. The highest BCUT2D eigenvalue weighted by atomic mass is 35.5. The van der Waals surface area contributed by atoms with E-state index < -0.39 is 29.1 Å². The predicted molar refractivity (Wildman–Crippen MR) is 110 cm³/mol. The molecule has 1 saturated heterocycles. The summed E-state index contributed by atoms with van der Waals surface area (Å²) in [5.74, 6) is -3.44. The zero-order valence-corrected chi connectivity index (χ0v) is 17.2. The number of aliphatic carboxylic acids is 2. The van der Waals surface area contributed by atoms with Crippen molar-refractivity contribution in [3.05, 3.63) is 64.8 Å². The second-order valence-corrected chi connectivity index (χ2v) is 7.53. The van der Waals surface area contributed by atoms with Gasteiger partial charge in [0.25, 0.3) is 5.72 Å². The summed E-state index contributed by atoms with van der Waals surface area (Å²) in [4.78, 5) is 23.4. The lowest BCUT2D eigenvalue weighted by Gasteiger charge is -2.38. The van der Waals surface area contributed by atoms with E-state index in [2.05, 4.69) is 10.6 Å². The molecule has 0 spiro atoms. The van der Waals surface area contributed by atoms with Gasteiger partial charge in [0.2, 0.25) is 0 Å². The van der Waals surface area contributed by atoms with Crippen LogP contribution in [0.15, 0.2) is 54.0 Å². The first kappa shape index (κ1) is 22.6. The number of carboxylic acids is 2. The van der Waals surface area contributed by atoms with Gasteiger partial charge >= 0.3 is 11.9 Å². The van der Waals surface area contributed by atoms with Crippen molar-refractivity contribution in [1.82, 2.24) is 10.6 Å². The molecule has 2 atom stereocenters. The van der Waals surface area contributed by atoms with E-state index in [0.717, 1.165) is 32.0 Å². The normalized spacial score (nSPS) is 23.5. The average molecular weight is 453 g/mol. The van der Waals surface area contributed by atoms with Crippen molar-refractivity contribution < 1.29 is 33.7 Å². The van der Waals surface area contributed by atoms with Gasteiger partial charge in [-0.3, -0.25) is 0 Å². The van der Waals surface area contributed by atoms with E-state index in [4.69, 9.17) is 21.1 Å². The van der Waals surface area contributed by atoms with Crippen LogP contribution < -0.4 is 15.4 Å². The molecule has 1 fully saturated rings. The van der Waals surface area contributed by atoms with Gasteiger partial charge in [0, 0.05) is 30.8 Å². The van der Waals surface area contributed by atoms with Gasteiger partial charge in [0.05, 0.1) is 11.6 Å². The summed E-state index contributed by atoms with van der Waals surface area (Å²) in [5, 5.41) is 24.9. The Balaban J connectivity index is 2.00. The second-order valence-electron chi connectivity index (χ2n) is 7.12. The Kier molecular flexibility index (Phi) is 7.19. The van der Waals surface area contributed by atoms with Crippen molar-refractivity contribution in [2.45, 2.75) is 18.6 Å². The molecule has 1 unspecified atom stereocenters. The summed E-state index contributed by atoms with van der Waals surface area (Å²) in [6.07, 6.45) is 6.92. The Morgan fingerprint density at radius 3 is 2.81 bits per heavy atom. The first-order valence-electron chi connectivity index (χ1n) is 9.63. The van der Waals surface area contributed by atoms with Crippen molar-refractivity contribution in [2.24, 2.45) is 5.92 Å². The molecule has 0 aromatic heterocycles. The van der Waals surface area contributed by atoms with Crippen LogP contribution in [0.25, 0.3) is 0 Å². The molecule has 166 valence electrons. The number of hydrogen-bond acceptors (Lipinski definition) is 6. The zero-order chi connectivity index (χ0) is 22.4. The first-order chi connectivity index (χ1) is 14.8. The predicted octanol–water partition coefficient (Wildman–Crippen LogP) is 2.67. The maximum atomic E-state index is 13.6. The second kappa shape index (κ2) is 9.84. The van der Waals surface area contributed by atoms with E-state index in [-0.39, 0.29) is 29.1 Å². The maximum Gasteiger partial charge on any atom is 0.338 e. The third-order valence-electron chi connectivity index (χ3n) is 4.89. The van der Waals surface area contributed by atoms with Gasteiger partial charge in [-0.1, -0.05) is 11.6 Å². The lowest BCUT2D eigenvalue weighted by atomic mass is 9.96. The summed E-state index contributed by atoms with van der Waals surface area (Å²) in [5.41, 5.74) is -2.64. The molecule has 2 aliphatic rings. The Hall–Kier alpha value is -3.04. The topological polar surface area (TPSA) is 117 Å². The lowest BCUT2D eigenvalue weighted by Crippen LogP contribution is -2.55. The van der Waals surface area contributed by atoms with Gasteiger partial charge in [-0.15, -0.1) is 0 Å². The van der Waals surface area contributed by atoms with Gasteiger partial charge in [-0.05, 0) is 43.7 Å². The summed E-state index contributed by atoms with van der Waals surface area (Å²) in [6, 6.07) is 3.48. The van der Waals surface area contributed by atoms with Crippen LogP contribution in [0, 0.1) is 11.7 Å². The maximum absolute atomic E-state index is 13.6. The fourth-order valence-corrected chi connectivity index (χ4v) is 3.58. The van der Waals surface area contributed by atoms with Crippen LogP contribution in [-0.4, -0.2) is 47.6 Å². The van der Waals surface area contributed by atoms with E-state index in [1.54, 1.807) is 6.08 Å². The van der Waals surface area contributed by atoms with Crippen molar-refractivity contribution in [2.75, 3.05) is 19.7 Å². The van der Waals surface area contributed by atoms with E-state index in [9.17, 15) is 24.2 Å². The number of rotatable bonds is 8. The minimum absolute atomic E-state index is 0.0144. The van der Waals surface area contributed by atoms with Crippen molar-refractivity contribution in [3.8, 4) is 5.75 Å². The third-order valence-corrected chi connectivity index (χ3v) is 5.18. The van der Waals surface area contributed by atoms with Crippen molar-refractivity contribution in [3.63, 3.8) is 0 Å². The number of benzene rings is 1. The molecule has 31 heavy (non-hydrogen) atoms. The Bertz CT molecular complexity index is 942. The highest BCUT2D eigenvalue weighted by molar-refractivity contribution is 6.30. The molecule has 0 bridgehead atoms. The number of carbonyl (C=O) groups is 2. The largest absolute Gasteiger partial charge is 0.491 e. The molecule has 8 nitrogen and oxygen atoms in total. The van der Waals surface area contributed by atoms with Gasteiger partial charge in [-0.2, -0.15) is 0 Å². The van der Waals surface area contributed by atoms with Crippen LogP contribution in [0.4, 0.5) is 4.39 Å². The SMILES string of the molecule is O=C(O)/C=C(/C(=O)O)[C@@]1(Oc2ccc(F)c(Cl)c2)NC=CC=C1OCC1CCCNC1. The minimum atomic E-state index is -2.01. The molecule has 4 N–H and O–H groups in total. The van der Waals surface area contributed by atoms with Crippen molar-refractivity contribution in [1.29, 1.82) is 0 Å².